The minimum atomic E-state index is 0.613. The highest BCUT2D eigenvalue weighted by atomic mass is 15.3. The fourth-order valence-electron chi connectivity index (χ4n) is 3.40. The van der Waals surface area contributed by atoms with Gasteiger partial charge in [-0.25, -0.2) is 4.68 Å². The molecule has 0 unspecified atom stereocenters. The van der Waals surface area contributed by atoms with Gasteiger partial charge in [-0.2, -0.15) is 5.10 Å². The molecule has 0 spiro atoms. The lowest BCUT2D eigenvalue weighted by molar-refractivity contribution is 0.654. The molecule has 0 radical (unpaired) electrons. The lowest BCUT2D eigenvalue weighted by atomic mass is 10.0. The Morgan fingerprint density at radius 3 is 2.77 bits per heavy atom. The largest absolute Gasteiger partial charge is 0.382 e. The smallest absolute Gasteiger partial charge is 0.0766 e. The molecule has 0 saturated heterocycles. The summed E-state index contributed by atoms with van der Waals surface area (Å²) in [4.78, 5) is 0. The van der Waals surface area contributed by atoms with Crippen LogP contribution < -0.4 is 11.1 Å². The highest BCUT2D eigenvalue weighted by molar-refractivity contribution is 5.53. The van der Waals surface area contributed by atoms with Crippen LogP contribution in [-0.2, 0) is 0 Å². The van der Waals surface area contributed by atoms with Crippen molar-refractivity contribution in [1.29, 1.82) is 0 Å². The van der Waals surface area contributed by atoms with Crippen molar-refractivity contribution in [3.63, 3.8) is 0 Å². The molecule has 2 aromatic rings. The Morgan fingerprint density at radius 1 is 1.27 bits per heavy atom. The zero-order valence-corrected chi connectivity index (χ0v) is 13.4. The number of hydrogen-bond acceptors (Lipinski definition) is 3. The zero-order valence-electron chi connectivity index (χ0n) is 13.4. The van der Waals surface area contributed by atoms with Gasteiger partial charge in [0.2, 0.25) is 0 Å². The highest BCUT2D eigenvalue weighted by Gasteiger charge is 2.25. The monoisotopic (exact) mass is 298 g/mol. The van der Waals surface area contributed by atoms with E-state index in [1.165, 1.54) is 48.3 Å². The molecule has 0 atom stereocenters. The zero-order chi connectivity index (χ0) is 15.4. The first-order valence-electron chi connectivity index (χ1n) is 8.39. The first-order valence-corrected chi connectivity index (χ1v) is 8.39. The minimum Gasteiger partial charge on any atom is -0.382 e. The number of anilines is 1. The number of nitrogens with zero attached hydrogens (tertiary/aromatic N) is 2. The summed E-state index contributed by atoms with van der Waals surface area (Å²) >= 11 is 0. The Kier molecular flexibility index (Phi) is 4.78. The van der Waals surface area contributed by atoms with Gasteiger partial charge >= 0.3 is 0 Å². The standard InChI is InChI=1S/C18H26N4/c1-14-7-2-5-10-17(14)22-18(15-8-3-4-9-15)16(13-21-22)20-12-6-11-19/h2,5,7,10,13,15,20H,3-4,6,8-9,11-12,19H2,1H3. The van der Waals surface area contributed by atoms with Gasteiger partial charge in [-0.3, -0.25) is 0 Å². The van der Waals surface area contributed by atoms with Crippen molar-refractivity contribution in [1.82, 2.24) is 9.78 Å². The molecule has 4 nitrogen and oxygen atoms in total. The van der Waals surface area contributed by atoms with E-state index in [1.807, 2.05) is 6.20 Å². The second kappa shape index (κ2) is 6.97. The van der Waals surface area contributed by atoms with Crippen LogP contribution >= 0.6 is 0 Å². The molecule has 4 heteroatoms. The van der Waals surface area contributed by atoms with Crippen molar-refractivity contribution < 1.29 is 0 Å². The van der Waals surface area contributed by atoms with Crippen LogP contribution in [0.15, 0.2) is 30.5 Å². The van der Waals surface area contributed by atoms with Crippen LogP contribution in [0, 0.1) is 6.92 Å². The van der Waals surface area contributed by atoms with Crippen LogP contribution in [0.2, 0.25) is 0 Å². The molecule has 1 aliphatic rings. The molecule has 22 heavy (non-hydrogen) atoms. The minimum absolute atomic E-state index is 0.613. The average molecular weight is 298 g/mol. The van der Waals surface area contributed by atoms with Crippen molar-refractivity contribution in [2.45, 2.75) is 44.9 Å². The van der Waals surface area contributed by atoms with Crippen LogP contribution in [0.4, 0.5) is 5.69 Å². The molecule has 3 rings (SSSR count). The predicted octanol–water partition coefficient (Wildman–Crippen LogP) is 3.60. The number of aromatic nitrogens is 2. The molecule has 0 aliphatic heterocycles. The van der Waals surface area contributed by atoms with Crippen molar-refractivity contribution >= 4 is 5.69 Å². The van der Waals surface area contributed by atoms with E-state index in [2.05, 4.69) is 41.2 Å². The van der Waals surface area contributed by atoms with Gasteiger partial charge < -0.3 is 11.1 Å². The number of para-hydroxylation sites is 1. The fourth-order valence-corrected chi connectivity index (χ4v) is 3.40. The summed E-state index contributed by atoms with van der Waals surface area (Å²) < 4.78 is 2.15. The third-order valence-corrected chi connectivity index (χ3v) is 4.59. The summed E-state index contributed by atoms with van der Waals surface area (Å²) in [6, 6.07) is 8.48. The van der Waals surface area contributed by atoms with Gasteiger partial charge in [0.25, 0.3) is 0 Å². The molecule has 0 bridgehead atoms. The molecular formula is C18H26N4. The van der Waals surface area contributed by atoms with Crippen LogP contribution in [0.3, 0.4) is 0 Å². The summed E-state index contributed by atoms with van der Waals surface area (Å²) in [6.07, 6.45) is 8.15. The third kappa shape index (κ3) is 3.02. The van der Waals surface area contributed by atoms with Gasteiger partial charge in [-0.15, -0.1) is 0 Å². The molecule has 1 aromatic heterocycles. The van der Waals surface area contributed by atoms with Gasteiger partial charge in [0.15, 0.2) is 0 Å². The summed E-state index contributed by atoms with van der Waals surface area (Å²) in [5, 5.41) is 8.23. The molecule has 1 aliphatic carbocycles. The van der Waals surface area contributed by atoms with Crippen LogP contribution in [0.5, 0.6) is 0 Å². The lowest BCUT2D eigenvalue weighted by Crippen LogP contribution is -2.12. The van der Waals surface area contributed by atoms with E-state index in [0.717, 1.165) is 19.5 Å². The number of benzene rings is 1. The summed E-state index contributed by atoms with van der Waals surface area (Å²) in [5.74, 6) is 0.613. The quantitative estimate of drug-likeness (QED) is 0.801. The van der Waals surface area contributed by atoms with Crippen LogP contribution in [0.25, 0.3) is 5.69 Å². The van der Waals surface area contributed by atoms with E-state index < -0.39 is 0 Å². The SMILES string of the molecule is Cc1ccccc1-n1ncc(NCCCN)c1C1CCCC1. The van der Waals surface area contributed by atoms with Gasteiger partial charge in [0.1, 0.15) is 0 Å². The highest BCUT2D eigenvalue weighted by Crippen LogP contribution is 2.39. The molecule has 1 heterocycles. The van der Waals surface area contributed by atoms with Crippen LogP contribution in [0.1, 0.15) is 49.3 Å². The summed E-state index contributed by atoms with van der Waals surface area (Å²) in [6.45, 7) is 3.78. The fraction of sp³-hybridized carbons (Fsp3) is 0.500. The van der Waals surface area contributed by atoms with Crippen molar-refractivity contribution in [2.75, 3.05) is 18.4 Å². The first kappa shape index (κ1) is 15.1. The molecule has 1 saturated carbocycles. The number of nitrogens with two attached hydrogens (primary N) is 1. The van der Waals surface area contributed by atoms with E-state index in [0.29, 0.717) is 5.92 Å². The van der Waals surface area contributed by atoms with E-state index in [9.17, 15) is 0 Å². The maximum atomic E-state index is 5.61. The summed E-state index contributed by atoms with van der Waals surface area (Å²) in [7, 11) is 0. The Labute approximate surface area is 132 Å². The maximum absolute atomic E-state index is 5.61. The van der Waals surface area contributed by atoms with Gasteiger partial charge in [-0.05, 0) is 44.4 Å². The Morgan fingerprint density at radius 2 is 2.05 bits per heavy atom. The topological polar surface area (TPSA) is 55.9 Å². The number of rotatable bonds is 6. The van der Waals surface area contributed by atoms with E-state index in [-0.39, 0.29) is 0 Å². The van der Waals surface area contributed by atoms with Gasteiger partial charge in [0, 0.05) is 12.5 Å². The first-order chi connectivity index (χ1) is 10.8. The number of aryl methyl sites for hydroxylation is 1. The van der Waals surface area contributed by atoms with Crippen molar-refractivity contribution in [3.8, 4) is 5.69 Å². The van der Waals surface area contributed by atoms with E-state index in [4.69, 9.17) is 10.8 Å². The van der Waals surface area contributed by atoms with Crippen molar-refractivity contribution in [3.05, 3.63) is 41.7 Å². The molecule has 0 amide bonds. The molecule has 118 valence electrons. The summed E-state index contributed by atoms with van der Waals surface area (Å²) in [5.41, 5.74) is 10.6. The van der Waals surface area contributed by atoms with Crippen molar-refractivity contribution in [2.24, 2.45) is 5.73 Å². The molecule has 1 fully saturated rings. The predicted molar refractivity (Wildman–Crippen MR) is 91.7 cm³/mol. The second-order valence-corrected chi connectivity index (χ2v) is 6.19. The molecule has 3 N–H and O–H groups in total. The average Bonchev–Trinajstić information content (AvgIpc) is 3.17. The van der Waals surface area contributed by atoms with Gasteiger partial charge in [-0.1, -0.05) is 31.0 Å². The molecule has 1 aromatic carbocycles. The van der Waals surface area contributed by atoms with Crippen LogP contribution in [-0.4, -0.2) is 22.9 Å². The number of hydrogen-bond donors (Lipinski definition) is 2. The maximum Gasteiger partial charge on any atom is 0.0766 e. The lowest BCUT2D eigenvalue weighted by Gasteiger charge is -2.17. The Hall–Kier alpha value is -1.81. The van der Waals surface area contributed by atoms with E-state index in [1.54, 1.807) is 0 Å². The van der Waals surface area contributed by atoms with E-state index >= 15 is 0 Å². The third-order valence-electron chi connectivity index (χ3n) is 4.59. The second-order valence-electron chi connectivity index (χ2n) is 6.19. The number of nitrogens with one attached hydrogen (secondary N) is 1. The normalized spacial score (nSPS) is 15.4. The molecular weight excluding hydrogens is 272 g/mol. The van der Waals surface area contributed by atoms with Gasteiger partial charge in [0.05, 0.1) is 23.3 Å². The Bertz CT molecular complexity index is 611. The Balaban J connectivity index is 1.97.